The zero-order valence-electron chi connectivity index (χ0n) is 26.6. The van der Waals surface area contributed by atoms with E-state index in [1.54, 1.807) is 0 Å². The maximum atomic E-state index is 5.24. The molecule has 0 N–H and O–H groups in total. The van der Waals surface area contributed by atoms with Crippen LogP contribution in [0.1, 0.15) is 22.3 Å². The minimum absolute atomic E-state index is 0.564. The Labute approximate surface area is 285 Å². The lowest BCUT2D eigenvalue weighted by Gasteiger charge is -2.35. The van der Waals surface area contributed by atoms with Gasteiger partial charge in [0.2, 0.25) is 0 Å². The third-order valence-corrected chi connectivity index (χ3v) is 10.2. The number of rotatable bonds is 3. The highest BCUT2D eigenvalue weighted by Gasteiger charge is 2.50. The Morgan fingerprint density at radius 3 is 1.16 bits per heavy atom. The average molecular weight is 624 g/mol. The molecule has 0 amide bonds. The van der Waals surface area contributed by atoms with Crippen LogP contribution in [-0.4, -0.2) is 15.0 Å². The van der Waals surface area contributed by atoms with E-state index in [1.807, 2.05) is 36.4 Å². The molecule has 3 heteroatoms. The summed E-state index contributed by atoms with van der Waals surface area (Å²) in [6.07, 6.45) is 0. The van der Waals surface area contributed by atoms with Crippen LogP contribution in [0.3, 0.4) is 0 Å². The van der Waals surface area contributed by atoms with Crippen LogP contribution in [0, 0.1) is 0 Å². The normalized spacial score (nSPS) is 13.1. The quantitative estimate of drug-likeness (QED) is 0.197. The monoisotopic (exact) mass is 623 g/mol. The van der Waals surface area contributed by atoms with Gasteiger partial charge in [0, 0.05) is 16.7 Å². The molecule has 0 aliphatic heterocycles. The molecule has 2 aliphatic carbocycles. The van der Waals surface area contributed by atoms with Crippen molar-refractivity contribution in [2.24, 2.45) is 0 Å². The second-order valence-corrected chi connectivity index (χ2v) is 12.7. The summed E-state index contributed by atoms with van der Waals surface area (Å²) in [5.41, 5.74) is 14.7. The molecule has 7 aromatic carbocycles. The number of fused-ring (bicyclic) bond motifs is 12. The Morgan fingerprint density at radius 1 is 0.265 bits per heavy atom. The molecule has 0 bridgehead atoms. The molecule has 0 radical (unpaired) electrons. The fourth-order valence-electron chi connectivity index (χ4n) is 8.21. The summed E-state index contributed by atoms with van der Waals surface area (Å²) in [4.78, 5) is 15.5. The molecule has 0 atom stereocenters. The summed E-state index contributed by atoms with van der Waals surface area (Å²) in [5.74, 6) is 1.96. The van der Waals surface area contributed by atoms with Crippen LogP contribution in [-0.2, 0) is 5.41 Å². The number of hydrogen-bond acceptors (Lipinski definition) is 3. The summed E-state index contributed by atoms with van der Waals surface area (Å²) in [6, 6.07) is 62.8. The fourth-order valence-corrected chi connectivity index (χ4v) is 8.21. The van der Waals surface area contributed by atoms with Crippen LogP contribution < -0.4 is 0 Å². The van der Waals surface area contributed by atoms with Crippen LogP contribution in [0.15, 0.2) is 176 Å². The summed E-state index contributed by atoms with van der Waals surface area (Å²) in [7, 11) is 0. The summed E-state index contributed by atoms with van der Waals surface area (Å²) >= 11 is 0. The van der Waals surface area contributed by atoms with E-state index >= 15 is 0 Å². The maximum Gasteiger partial charge on any atom is 0.164 e. The first kappa shape index (κ1) is 27.6. The Kier molecular flexibility index (Phi) is 6.09. The molecule has 0 saturated heterocycles. The van der Waals surface area contributed by atoms with Crippen LogP contribution in [0.4, 0.5) is 0 Å². The maximum absolute atomic E-state index is 5.24. The predicted molar refractivity (Wildman–Crippen MR) is 198 cm³/mol. The average Bonchev–Trinajstić information content (AvgIpc) is 3.43. The van der Waals surface area contributed by atoms with E-state index in [1.165, 1.54) is 50.1 Å². The second-order valence-electron chi connectivity index (χ2n) is 12.7. The van der Waals surface area contributed by atoms with Crippen molar-refractivity contribution < 1.29 is 0 Å². The fraction of sp³-hybridized carbons (Fsp3) is 0.0217. The van der Waals surface area contributed by atoms with Crippen LogP contribution in [0.2, 0.25) is 0 Å². The molecule has 0 fully saturated rings. The highest BCUT2D eigenvalue weighted by Crippen LogP contribution is 2.62. The molecule has 1 spiro atoms. The Bertz CT molecular complexity index is 2450. The third-order valence-electron chi connectivity index (χ3n) is 10.2. The molecule has 0 saturated carbocycles. The van der Waals surface area contributed by atoms with Crippen molar-refractivity contribution >= 4 is 0 Å². The summed E-state index contributed by atoms with van der Waals surface area (Å²) in [5, 5.41) is 0. The van der Waals surface area contributed by atoms with Gasteiger partial charge in [-0.25, -0.2) is 15.0 Å². The Balaban J connectivity index is 1.36. The van der Waals surface area contributed by atoms with Crippen molar-refractivity contribution in [2.75, 3.05) is 0 Å². The zero-order chi connectivity index (χ0) is 32.4. The molecule has 1 aromatic heterocycles. The molecule has 0 unspecified atom stereocenters. The summed E-state index contributed by atoms with van der Waals surface area (Å²) in [6.45, 7) is 0. The molecule has 228 valence electrons. The van der Waals surface area contributed by atoms with Gasteiger partial charge >= 0.3 is 0 Å². The van der Waals surface area contributed by atoms with E-state index in [4.69, 9.17) is 15.0 Å². The molecule has 3 nitrogen and oxygen atoms in total. The zero-order valence-corrected chi connectivity index (χ0v) is 26.6. The first-order chi connectivity index (χ1) is 24.3. The first-order valence-electron chi connectivity index (χ1n) is 16.7. The van der Waals surface area contributed by atoms with Gasteiger partial charge in [-0.05, 0) is 55.6 Å². The molecule has 2 aliphatic rings. The van der Waals surface area contributed by atoms with Crippen molar-refractivity contribution in [2.45, 2.75) is 5.41 Å². The highest BCUT2D eigenvalue weighted by molar-refractivity contribution is 6.00. The number of benzene rings is 7. The summed E-state index contributed by atoms with van der Waals surface area (Å²) < 4.78 is 0. The SMILES string of the molecule is c1ccc(-c2nc(-c3ccccc3)nc(-c3cccc4c3-c3ccccc3-c3ccccc3C43c4ccccc4-c4ccccc43)n2)cc1. The van der Waals surface area contributed by atoms with Crippen molar-refractivity contribution in [3.05, 3.63) is 198 Å². The molecule has 10 rings (SSSR count). The molecular weight excluding hydrogens is 595 g/mol. The minimum atomic E-state index is -0.564. The van der Waals surface area contributed by atoms with Crippen molar-refractivity contribution in [3.63, 3.8) is 0 Å². The standard InChI is InChI=1S/C46H29N3/c1-3-16-30(17-4-1)43-47-44(31-18-5-2-6-19-31)49-45(48-43)37-25-15-29-41-42(37)36-24-8-7-20-32(36)33-21-9-12-26-38(33)46(41)39-27-13-10-22-34(39)35-23-11-14-28-40(35)46/h1-29H. The van der Waals surface area contributed by atoms with Crippen LogP contribution in [0.25, 0.3) is 67.5 Å². The topological polar surface area (TPSA) is 38.7 Å². The molecule has 1 heterocycles. The van der Waals surface area contributed by atoms with Gasteiger partial charge in [0.1, 0.15) is 0 Å². The van der Waals surface area contributed by atoms with Crippen LogP contribution >= 0.6 is 0 Å². The lowest BCUT2D eigenvalue weighted by molar-refractivity contribution is 0.775. The van der Waals surface area contributed by atoms with Gasteiger partial charge in [-0.15, -0.1) is 0 Å². The third kappa shape index (κ3) is 3.99. The van der Waals surface area contributed by atoms with Gasteiger partial charge in [0.05, 0.1) is 5.41 Å². The molecule has 49 heavy (non-hydrogen) atoms. The lowest BCUT2D eigenvalue weighted by atomic mass is 9.65. The molecular formula is C46H29N3. The van der Waals surface area contributed by atoms with Gasteiger partial charge in [0.15, 0.2) is 17.5 Å². The van der Waals surface area contributed by atoms with Gasteiger partial charge in [-0.2, -0.15) is 0 Å². The van der Waals surface area contributed by atoms with Gasteiger partial charge in [-0.3, -0.25) is 0 Å². The lowest BCUT2D eigenvalue weighted by Crippen LogP contribution is -2.29. The molecule has 8 aromatic rings. The number of nitrogens with zero attached hydrogens (tertiary/aromatic N) is 3. The van der Waals surface area contributed by atoms with E-state index in [2.05, 4.69) is 140 Å². The second kappa shape index (κ2) is 10.8. The van der Waals surface area contributed by atoms with Crippen molar-refractivity contribution in [1.82, 2.24) is 15.0 Å². The Morgan fingerprint density at radius 2 is 0.633 bits per heavy atom. The van der Waals surface area contributed by atoms with Crippen molar-refractivity contribution in [3.8, 4) is 67.5 Å². The van der Waals surface area contributed by atoms with E-state index in [0.29, 0.717) is 17.5 Å². The van der Waals surface area contributed by atoms with E-state index < -0.39 is 5.41 Å². The Hall–Kier alpha value is -6.45. The van der Waals surface area contributed by atoms with Gasteiger partial charge in [0.25, 0.3) is 0 Å². The van der Waals surface area contributed by atoms with E-state index in [-0.39, 0.29) is 0 Å². The predicted octanol–water partition coefficient (Wildman–Crippen LogP) is 10.9. The highest BCUT2D eigenvalue weighted by atomic mass is 15.0. The van der Waals surface area contributed by atoms with E-state index in [9.17, 15) is 0 Å². The minimum Gasteiger partial charge on any atom is -0.208 e. The largest absolute Gasteiger partial charge is 0.208 e. The van der Waals surface area contributed by atoms with Crippen molar-refractivity contribution in [1.29, 1.82) is 0 Å². The van der Waals surface area contributed by atoms with Gasteiger partial charge < -0.3 is 0 Å². The number of hydrogen-bond donors (Lipinski definition) is 0. The van der Waals surface area contributed by atoms with Crippen LogP contribution in [0.5, 0.6) is 0 Å². The van der Waals surface area contributed by atoms with Gasteiger partial charge in [-0.1, -0.05) is 176 Å². The first-order valence-corrected chi connectivity index (χ1v) is 16.7. The number of aromatic nitrogens is 3. The van der Waals surface area contributed by atoms with E-state index in [0.717, 1.165) is 22.3 Å². The smallest absolute Gasteiger partial charge is 0.164 e.